The number of hydrogen-bond donors (Lipinski definition) is 1. The van der Waals surface area contributed by atoms with Crippen molar-refractivity contribution in [3.05, 3.63) is 47.7 Å². The Morgan fingerprint density at radius 1 is 1.00 bits per heavy atom. The van der Waals surface area contributed by atoms with E-state index in [0.29, 0.717) is 5.56 Å². The molecule has 1 N–H and O–H groups in total. The van der Waals surface area contributed by atoms with Crippen molar-refractivity contribution < 1.29 is 35.5 Å². The van der Waals surface area contributed by atoms with E-state index < -0.39 is 36.2 Å². The van der Waals surface area contributed by atoms with Gasteiger partial charge in [0, 0.05) is 25.7 Å². The topological polar surface area (TPSA) is 32.3 Å². The van der Waals surface area contributed by atoms with Crippen molar-refractivity contribution in [2.24, 2.45) is 0 Å². The smallest absolute Gasteiger partial charge is 0.379 e. The van der Waals surface area contributed by atoms with Gasteiger partial charge >= 0.3 is 18.0 Å². The third-order valence-electron chi connectivity index (χ3n) is 3.76. The highest BCUT2D eigenvalue weighted by atomic mass is 19.4. The van der Waals surface area contributed by atoms with E-state index in [1.807, 2.05) is 5.32 Å². The fourth-order valence-corrected chi connectivity index (χ4v) is 2.14. The fourth-order valence-electron chi connectivity index (χ4n) is 2.14. The van der Waals surface area contributed by atoms with Crippen LogP contribution in [0.3, 0.4) is 0 Å². The first-order valence-electron chi connectivity index (χ1n) is 7.99. The SMILES string of the molecule is CCN(CC)C(=O)/C=C(\NCc1ccccc1)C(F)(F)C(F)(F)C(F)(F)F. The third-order valence-corrected chi connectivity index (χ3v) is 3.76. The summed E-state index contributed by atoms with van der Waals surface area (Å²) in [6.45, 7) is 2.68. The molecule has 1 amide bonds. The molecule has 3 nitrogen and oxygen atoms in total. The Hall–Kier alpha value is -2.26. The van der Waals surface area contributed by atoms with E-state index in [1.165, 1.54) is 38.1 Å². The summed E-state index contributed by atoms with van der Waals surface area (Å²) in [7, 11) is 0. The van der Waals surface area contributed by atoms with E-state index in [-0.39, 0.29) is 19.2 Å². The van der Waals surface area contributed by atoms with Gasteiger partial charge in [-0.05, 0) is 19.4 Å². The van der Waals surface area contributed by atoms with Gasteiger partial charge in [0.1, 0.15) is 0 Å². The number of benzene rings is 1. The van der Waals surface area contributed by atoms with Crippen LogP contribution in [0.15, 0.2) is 42.1 Å². The van der Waals surface area contributed by atoms with Crippen LogP contribution < -0.4 is 5.32 Å². The first-order chi connectivity index (χ1) is 12.4. The molecule has 0 aliphatic rings. The molecule has 0 aliphatic carbocycles. The Kier molecular flexibility index (Phi) is 7.27. The van der Waals surface area contributed by atoms with Gasteiger partial charge in [0.25, 0.3) is 0 Å². The van der Waals surface area contributed by atoms with Gasteiger partial charge in [-0.3, -0.25) is 4.79 Å². The standard InChI is InChI=1S/C17H19F7N2O/c1-3-26(4-2)14(27)10-13(25-11-12-8-6-5-7-9-12)15(18,19)16(20,21)17(22,23)24/h5-10,25H,3-4,11H2,1-2H3/b13-10-. The molecule has 1 aromatic carbocycles. The lowest BCUT2D eigenvalue weighted by Gasteiger charge is -2.31. The molecule has 0 fully saturated rings. The number of carbonyl (C=O) groups is 1. The van der Waals surface area contributed by atoms with Gasteiger partial charge in [-0.25, -0.2) is 0 Å². The summed E-state index contributed by atoms with van der Waals surface area (Å²) in [6.07, 6.45) is -6.40. The maximum atomic E-state index is 14.1. The van der Waals surface area contributed by atoms with E-state index in [9.17, 15) is 35.5 Å². The number of amides is 1. The first-order valence-corrected chi connectivity index (χ1v) is 7.99. The molecule has 10 heteroatoms. The molecule has 0 saturated heterocycles. The molecular formula is C17H19F7N2O. The number of halogens is 7. The van der Waals surface area contributed by atoms with E-state index in [2.05, 4.69) is 0 Å². The van der Waals surface area contributed by atoms with Crippen molar-refractivity contribution in [3.63, 3.8) is 0 Å². The monoisotopic (exact) mass is 400 g/mol. The average molecular weight is 400 g/mol. The van der Waals surface area contributed by atoms with Crippen molar-refractivity contribution in [1.82, 2.24) is 10.2 Å². The minimum absolute atomic E-state index is 0.0685. The van der Waals surface area contributed by atoms with Crippen LogP contribution in [0.2, 0.25) is 0 Å². The summed E-state index contributed by atoms with van der Waals surface area (Å²) in [5, 5.41) is 1.87. The molecule has 1 rings (SSSR count). The normalized spacial score (nSPS) is 13.4. The minimum Gasteiger partial charge on any atom is -0.379 e. The second-order valence-electron chi connectivity index (χ2n) is 5.55. The summed E-state index contributed by atoms with van der Waals surface area (Å²) in [6, 6.07) is 7.58. The molecule has 0 saturated carbocycles. The van der Waals surface area contributed by atoms with Crippen LogP contribution in [0.4, 0.5) is 30.7 Å². The van der Waals surface area contributed by atoms with Crippen LogP contribution in [0.5, 0.6) is 0 Å². The fraction of sp³-hybridized carbons (Fsp3) is 0.471. The summed E-state index contributed by atoms with van der Waals surface area (Å²) >= 11 is 0. The van der Waals surface area contributed by atoms with Crippen molar-refractivity contribution in [2.45, 2.75) is 38.4 Å². The molecule has 0 spiro atoms. The zero-order valence-electron chi connectivity index (χ0n) is 14.6. The van der Waals surface area contributed by atoms with E-state index in [0.717, 1.165) is 4.90 Å². The number of likely N-dealkylation sites (N-methyl/N-ethyl adjacent to an activating group) is 1. The van der Waals surface area contributed by atoms with Gasteiger partial charge in [-0.1, -0.05) is 30.3 Å². The number of hydrogen-bond acceptors (Lipinski definition) is 2. The van der Waals surface area contributed by atoms with E-state index in [4.69, 9.17) is 0 Å². The highest BCUT2D eigenvalue weighted by Crippen LogP contribution is 2.49. The van der Waals surface area contributed by atoms with Gasteiger partial charge in [0.15, 0.2) is 0 Å². The average Bonchev–Trinajstić information content (AvgIpc) is 2.59. The number of carbonyl (C=O) groups excluding carboxylic acids is 1. The van der Waals surface area contributed by atoms with Gasteiger partial charge in [0.05, 0.1) is 5.70 Å². The quantitative estimate of drug-likeness (QED) is 0.520. The maximum Gasteiger partial charge on any atom is 0.460 e. The number of rotatable bonds is 8. The van der Waals surface area contributed by atoms with Crippen LogP contribution in [0.1, 0.15) is 19.4 Å². The largest absolute Gasteiger partial charge is 0.460 e. The molecule has 0 atom stereocenters. The van der Waals surface area contributed by atoms with Crippen LogP contribution in [0.25, 0.3) is 0 Å². The van der Waals surface area contributed by atoms with Crippen molar-refractivity contribution in [3.8, 4) is 0 Å². The van der Waals surface area contributed by atoms with Gasteiger partial charge in [0.2, 0.25) is 5.91 Å². The first kappa shape index (κ1) is 22.8. The molecular weight excluding hydrogens is 381 g/mol. The highest BCUT2D eigenvalue weighted by molar-refractivity contribution is 5.88. The predicted molar refractivity (Wildman–Crippen MR) is 85.2 cm³/mol. The van der Waals surface area contributed by atoms with Crippen molar-refractivity contribution >= 4 is 5.91 Å². The second kappa shape index (κ2) is 8.62. The van der Waals surface area contributed by atoms with E-state index >= 15 is 0 Å². The minimum atomic E-state index is -6.50. The van der Waals surface area contributed by atoms with Crippen molar-refractivity contribution in [2.75, 3.05) is 13.1 Å². The molecule has 152 valence electrons. The van der Waals surface area contributed by atoms with Gasteiger partial charge < -0.3 is 10.2 Å². The number of allylic oxidation sites excluding steroid dienone is 1. The zero-order chi connectivity index (χ0) is 20.9. The van der Waals surface area contributed by atoms with Crippen LogP contribution in [-0.4, -0.2) is 41.9 Å². The Morgan fingerprint density at radius 2 is 1.52 bits per heavy atom. The summed E-state index contributed by atoms with van der Waals surface area (Å²) in [4.78, 5) is 13.0. The lowest BCUT2D eigenvalue weighted by Crippen LogP contribution is -2.55. The summed E-state index contributed by atoms with van der Waals surface area (Å²) in [5.74, 6) is -13.1. The molecule has 0 bridgehead atoms. The number of alkyl halides is 7. The Balaban J connectivity index is 3.29. The third kappa shape index (κ3) is 5.14. The lowest BCUT2D eigenvalue weighted by molar-refractivity contribution is -0.345. The van der Waals surface area contributed by atoms with Crippen LogP contribution in [-0.2, 0) is 11.3 Å². The summed E-state index contributed by atoms with van der Waals surface area (Å²) < 4.78 is 92.6. The highest BCUT2D eigenvalue weighted by Gasteiger charge is 2.74. The van der Waals surface area contributed by atoms with Gasteiger partial charge in [-0.2, -0.15) is 30.7 Å². The maximum absolute atomic E-state index is 14.1. The second-order valence-corrected chi connectivity index (χ2v) is 5.55. The van der Waals surface area contributed by atoms with Crippen LogP contribution >= 0.6 is 0 Å². The number of nitrogens with zero attached hydrogens (tertiary/aromatic N) is 1. The summed E-state index contributed by atoms with van der Waals surface area (Å²) in [5.41, 5.74) is -1.45. The molecule has 0 aliphatic heterocycles. The molecule has 0 radical (unpaired) electrons. The lowest BCUT2D eigenvalue weighted by atomic mass is 10.1. The molecule has 0 heterocycles. The molecule has 0 aromatic heterocycles. The molecule has 0 unspecified atom stereocenters. The van der Waals surface area contributed by atoms with E-state index in [1.54, 1.807) is 6.07 Å². The Bertz CT molecular complexity index is 653. The van der Waals surface area contributed by atoms with Gasteiger partial charge in [-0.15, -0.1) is 0 Å². The van der Waals surface area contributed by atoms with Crippen molar-refractivity contribution in [1.29, 1.82) is 0 Å². The molecule has 1 aromatic rings. The van der Waals surface area contributed by atoms with Crippen LogP contribution in [0, 0.1) is 0 Å². The zero-order valence-corrected chi connectivity index (χ0v) is 14.6. The predicted octanol–water partition coefficient (Wildman–Crippen LogP) is 4.36. The Labute approximate surface area is 151 Å². The molecule has 27 heavy (non-hydrogen) atoms. The Morgan fingerprint density at radius 3 is 1.96 bits per heavy atom. The number of nitrogens with one attached hydrogen (secondary N) is 1.